The van der Waals surface area contributed by atoms with Crippen molar-refractivity contribution < 1.29 is 41.4 Å². The number of methoxy groups -OCH3 is 1. The highest BCUT2D eigenvalue weighted by Gasteiger charge is 2.44. The Kier molecular flexibility index (Phi) is 11.9. The summed E-state index contributed by atoms with van der Waals surface area (Å²) in [6, 6.07) is 13.2. The number of nitriles is 1. The van der Waals surface area contributed by atoms with Crippen molar-refractivity contribution in [2.75, 3.05) is 12.0 Å². The number of amides is 2. The number of rotatable bonds is 9. The Morgan fingerprint density at radius 2 is 1.77 bits per heavy atom. The predicted molar refractivity (Wildman–Crippen MR) is 168 cm³/mol. The highest BCUT2D eigenvalue weighted by Crippen LogP contribution is 2.43. The second-order valence-corrected chi connectivity index (χ2v) is 10.2. The molecule has 2 aromatic carbocycles. The first-order valence-corrected chi connectivity index (χ1v) is 14.5. The molecule has 2 amide bonds. The number of hydrogen-bond acceptors (Lipinski definition) is 7. The number of carbonyl (C=O) groups excluding carboxylic acids is 3. The molecule has 1 aromatic heterocycles. The average Bonchev–Trinajstić information content (AvgIpc) is 3.53. The SMILES string of the molecule is C=CO/C(=C\C)C(=O)C1=C(C)N(c2cccc(C(F)(F)F)c2)C(=O)N(Cc2ccc(C(=O)OC)o2)C1c1ccc(C#N)cc1.CCC. The van der Waals surface area contributed by atoms with Gasteiger partial charge in [0.1, 0.15) is 5.76 Å². The van der Waals surface area contributed by atoms with E-state index in [2.05, 4.69) is 20.4 Å². The van der Waals surface area contributed by atoms with E-state index in [9.17, 15) is 32.8 Å². The van der Waals surface area contributed by atoms with Crippen molar-refractivity contribution in [1.29, 1.82) is 5.26 Å². The summed E-state index contributed by atoms with van der Waals surface area (Å²) >= 11 is 0. The number of Topliss-reactive ketones (excluding diaryl/α,β-unsaturated/α-hetero) is 1. The van der Waals surface area contributed by atoms with E-state index in [0.717, 1.165) is 29.4 Å². The van der Waals surface area contributed by atoms with E-state index in [1.165, 1.54) is 61.8 Å². The van der Waals surface area contributed by atoms with Crippen molar-refractivity contribution in [3.63, 3.8) is 0 Å². The summed E-state index contributed by atoms with van der Waals surface area (Å²) in [5, 5.41) is 9.33. The van der Waals surface area contributed by atoms with Crippen LogP contribution in [0.25, 0.3) is 0 Å². The molecule has 0 N–H and O–H groups in total. The average molecular weight is 650 g/mol. The van der Waals surface area contributed by atoms with Crippen LogP contribution in [0, 0.1) is 11.3 Å². The van der Waals surface area contributed by atoms with Crippen molar-refractivity contribution in [2.45, 2.75) is 52.9 Å². The first kappa shape index (κ1) is 35.9. The summed E-state index contributed by atoms with van der Waals surface area (Å²) in [6.45, 7) is 10.4. The maximum Gasteiger partial charge on any atom is 0.416 e. The van der Waals surface area contributed by atoms with E-state index in [1.807, 2.05) is 6.07 Å². The van der Waals surface area contributed by atoms with E-state index in [4.69, 9.17) is 13.9 Å². The molecule has 0 radical (unpaired) electrons. The minimum absolute atomic E-state index is 0.00131. The summed E-state index contributed by atoms with van der Waals surface area (Å²) in [7, 11) is 1.17. The second-order valence-electron chi connectivity index (χ2n) is 10.2. The van der Waals surface area contributed by atoms with Gasteiger partial charge in [0.15, 0.2) is 5.76 Å². The molecule has 12 heteroatoms. The molecule has 0 bridgehead atoms. The molecule has 3 aromatic rings. The van der Waals surface area contributed by atoms with Crippen LogP contribution in [0.15, 0.2) is 101 Å². The summed E-state index contributed by atoms with van der Waals surface area (Å²) in [4.78, 5) is 42.7. The number of esters is 1. The Bertz CT molecular complexity index is 1730. The molecule has 0 aliphatic carbocycles. The molecular weight excluding hydrogens is 615 g/mol. The molecule has 0 fully saturated rings. The minimum Gasteiger partial charge on any atom is -0.463 e. The number of carbonyl (C=O) groups is 3. The topological polar surface area (TPSA) is 113 Å². The smallest absolute Gasteiger partial charge is 0.416 e. The fourth-order valence-electron chi connectivity index (χ4n) is 4.83. The first-order valence-electron chi connectivity index (χ1n) is 14.5. The number of benzene rings is 2. The lowest BCUT2D eigenvalue weighted by atomic mass is 9.88. The Morgan fingerprint density at radius 1 is 1.11 bits per heavy atom. The van der Waals surface area contributed by atoms with Crippen molar-refractivity contribution >= 4 is 23.5 Å². The fourth-order valence-corrected chi connectivity index (χ4v) is 4.83. The number of hydrogen-bond donors (Lipinski definition) is 0. The maximum absolute atomic E-state index is 14.3. The van der Waals surface area contributed by atoms with Gasteiger partial charge in [-0.25, -0.2) is 9.59 Å². The fraction of sp³-hybridized carbons (Fsp3) is 0.257. The largest absolute Gasteiger partial charge is 0.463 e. The van der Waals surface area contributed by atoms with Crippen LogP contribution >= 0.6 is 0 Å². The van der Waals surface area contributed by atoms with Gasteiger partial charge in [0.25, 0.3) is 0 Å². The molecule has 9 nitrogen and oxygen atoms in total. The summed E-state index contributed by atoms with van der Waals surface area (Å²) in [6.07, 6.45) is -1.01. The molecule has 1 atom stereocenters. The van der Waals surface area contributed by atoms with Crippen LogP contribution in [0.1, 0.15) is 73.2 Å². The van der Waals surface area contributed by atoms with E-state index in [-0.39, 0.29) is 40.8 Å². The standard InChI is InChI=1S/C32H26F3N3O6.C3H8/c1-5-25(43-6-2)29(39)27-19(3)38(23-9-7-8-22(16-23)32(33,34)35)31(41)37(18-24-14-15-26(44-24)30(40)42-4)28(27)21-12-10-20(17-36)11-13-21;1-3-2/h5-16,28H,2,18H2,1,3-4H3;3H2,1-2H3/b25-5-;. The van der Waals surface area contributed by atoms with E-state index >= 15 is 0 Å². The number of anilines is 1. The number of halogens is 3. The normalized spacial score (nSPS) is 15.0. The van der Waals surface area contributed by atoms with Crippen LogP contribution in [0.5, 0.6) is 0 Å². The lowest BCUT2D eigenvalue weighted by molar-refractivity contribution is -0.137. The van der Waals surface area contributed by atoms with E-state index in [1.54, 1.807) is 19.1 Å². The lowest BCUT2D eigenvalue weighted by Gasteiger charge is -2.43. The highest BCUT2D eigenvalue weighted by atomic mass is 19.4. The summed E-state index contributed by atoms with van der Waals surface area (Å²) in [5.41, 5.74) is -0.357. The number of ketones is 1. The van der Waals surface area contributed by atoms with Gasteiger partial charge in [0, 0.05) is 5.70 Å². The van der Waals surface area contributed by atoms with Gasteiger partial charge in [-0.2, -0.15) is 18.4 Å². The molecule has 0 saturated heterocycles. The zero-order valence-electron chi connectivity index (χ0n) is 26.6. The van der Waals surface area contributed by atoms with Gasteiger partial charge in [-0.05, 0) is 68.0 Å². The quantitative estimate of drug-likeness (QED) is 0.130. The van der Waals surface area contributed by atoms with Crippen LogP contribution in [-0.4, -0.2) is 29.8 Å². The molecule has 47 heavy (non-hydrogen) atoms. The Balaban J connectivity index is 0.00000192. The molecular formula is C35H34F3N3O6. The first-order chi connectivity index (χ1) is 22.4. The van der Waals surface area contributed by atoms with Gasteiger partial charge in [-0.3, -0.25) is 9.69 Å². The molecule has 1 unspecified atom stereocenters. The monoisotopic (exact) mass is 649 g/mol. The highest BCUT2D eigenvalue weighted by molar-refractivity contribution is 6.12. The Morgan fingerprint density at radius 3 is 2.32 bits per heavy atom. The third-order valence-corrected chi connectivity index (χ3v) is 6.85. The number of allylic oxidation sites excluding steroid dienone is 3. The van der Waals surface area contributed by atoms with Gasteiger partial charge < -0.3 is 18.8 Å². The molecule has 2 heterocycles. The zero-order valence-corrected chi connectivity index (χ0v) is 26.6. The van der Waals surface area contributed by atoms with Gasteiger partial charge in [-0.1, -0.05) is 45.0 Å². The maximum atomic E-state index is 14.3. The van der Waals surface area contributed by atoms with Crippen molar-refractivity contribution in [3.05, 3.63) is 125 Å². The van der Waals surface area contributed by atoms with E-state index in [0.29, 0.717) is 11.1 Å². The van der Waals surface area contributed by atoms with Crippen LogP contribution in [-0.2, 0) is 27.0 Å². The van der Waals surface area contributed by atoms with Crippen molar-refractivity contribution in [3.8, 4) is 6.07 Å². The number of nitrogens with zero attached hydrogens (tertiary/aromatic N) is 3. The van der Waals surface area contributed by atoms with Crippen molar-refractivity contribution in [1.82, 2.24) is 4.90 Å². The molecule has 4 rings (SSSR count). The van der Waals surface area contributed by atoms with Crippen LogP contribution in [0.2, 0.25) is 0 Å². The van der Waals surface area contributed by atoms with Crippen molar-refractivity contribution in [2.24, 2.45) is 0 Å². The van der Waals surface area contributed by atoms with Crippen LogP contribution in [0.4, 0.5) is 23.7 Å². The van der Waals surface area contributed by atoms with Crippen LogP contribution < -0.4 is 4.90 Å². The number of alkyl halides is 3. The number of urea groups is 1. The molecule has 1 aliphatic heterocycles. The van der Waals surface area contributed by atoms with Gasteiger partial charge in [0.2, 0.25) is 11.5 Å². The Labute approximate surface area is 270 Å². The Hall–Kier alpha value is -5.57. The minimum atomic E-state index is -4.70. The lowest BCUT2D eigenvalue weighted by Crippen LogP contribution is -2.50. The van der Waals surface area contributed by atoms with Gasteiger partial charge >= 0.3 is 18.2 Å². The van der Waals surface area contributed by atoms with Gasteiger partial charge in [-0.15, -0.1) is 0 Å². The second kappa shape index (κ2) is 15.6. The molecule has 0 spiro atoms. The number of ether oxygens (including phenoxy) is 2. The van der Waals surface area contributed by atoms with Crippen LogP contribution in [0.3, 0.4) is 0 Å². The summed E-state index contributed by atoms with van der Waals surface area (Å²) in [5.74, 6) is -1.58. The molecule has 246 valence electrons. The molecule has 1 aliphatic rings. The predicted octanol–water partition coefficient (Wildman–Crippen LogP) is 8.46. The third-order valence-electron chi connectivity index (χ3n) is 6.85. The third kappa shape index (κ3) is 7.99. The molecule has 0 saturated carbocycles. The summed E-state index contributed by atoms with van der Waals surface area (Å²) < 4.78 is 56.7. The number of furan rings is 1. The van der Waals surface area contributed by atoms with E-state index < -0.39 is 35.6 Å². The zero-order chi connectivity index (χ0) is 34.9. The van der Waals surface area contributed by atoms with Gasteiger partial charge in [0.05, 0.1) is 54.4 Å².